The number of rotatable bonds is 0. The molecule has 22 heavy (non-hydrogen) atoms. The van der Waals surface area contributed by atoms with Gasteiger partial charge in [0.2, 0.25) is 0 Å². The van der Waals surface area contributed by atoms with E-state index in [2.05, 4.69) is 42.4 Å². The molecule has 2 aliphatic carbocycles. The minimum Gasteiger partial charge on any atom is -0.805 e. The molecule has 0 aliphatic heterocycles. The Balaban J connectivity index is 0.000000775. The Hall–Kier alpha value is -0.342. The molecule has 0 radical (unpaired) electrons. The third kappa shape index (κ3) is 3.28. The molecule has 0 atom stereocenters. The van der Waals surface area contributed by atoms with Gasteiger partial charge in [-0.1, -0.05) is 23.4 Å². The average Bonchev–Trinajstić information content (AvgIpc) is 2.75. The summed E-state index contributed by atoms with van der Waals surface area (Å²) in [7, 11) is 0. The third-order valence-corrected chi connectivity index (χ3v) is 3.65. The predicted octanol–water partition coefficient (Wildman–Crippen LogP) is 3.44. The molecule has 0 spiro atoms. The van der Waals surface area contributed by atoms with E-state index in [4.69, 9.17) is 0 Å². The molecule has 0 heterocycles. The molecule has 0 amide bonds. The van der Waals surface area contributed by atoms with Gasteiger partial charge in [-0.3, -0.25) is 0 Å². The van der Waals surface area contributed by atoms with Gasteiger partial charge in [-0.05, 0) is 42.0 Å². The molecule has 0 saturated heterocycles. The summed E-state index contributed by atoms with van der Waals surface area (Å²) in [6.45, 7) is 3.99. The fraction of sp³-hybridized carbons (Fsp3) is 0.133. The number of benzene rings is 2. The fourth-order valence-corrected chi connectivity index (χ4v) is 2.48. The van der Waals surface area contributed by atoms with E-state index in [1.165, 1.54) is 12.1 Å². The van der Waals surface area contributed by atoms with Crippen LogP contribution in [-0.2, 0) is 21.1 Å². The van der Waals surface area contributed by atoms with Crippen LogP contribution in [0.2, 0.25) is 0 Å². The van der Waals surface area contributed by atoms with Crippen LogP contribution in [0, 0.1) is 13.8 Å². The minimum atomic E-state index is -0.221. The summed E-state index contributed by atoms with van der Waals surface area (Å²) in [6, 6.07) is 6.87. The predicted molar refractivity (Wildman–Crippen MR) is 101 cm³/mol. The molecule has 7 heteroatoms. The number of hydrogen-bond acceptors (Lipinski definition) is 2. The molecule has 4 nitrogen and oxygen atoms in total. The standard InChI is InChI=1S/C15H11N3O.I2.W/c1-7-3-9-10-5-13(16)14(17)6-12(10)15(18-19)11(9)4-8(7)2;1-2;/h3-6,19H,1-2H3;;/q-2;;+2/b18-15-;;. The van der Waals surface area contributed by atoms with Crippen molar-refractivity contribution in [3.63, 3.8) is 0 Å². The van der Waals surface area contributed by atoms with Gasteiger partial charge in [0.1, 0.15) is 5.36 Å². The van der Waals surface area contributed by atoms with E-state index >= 15 is 0 Å². The van der Waals surface area contributed by atoms with Crippen molar-refractivity contribution in [3.8, 4) is 11.1 Å². The van der Waals surface area contributed by atoms with Gasteiger partial charge in [0, 0.05) is 48.2 Å². The van der Waals surface area contributed by atoms with Crippen LogP contribution < -0.4 is 16.1 Å². The van der Waals surface area contributed by atoms with Crippen LogP contribution >= 0.6 is 37.2 Å². The Morgan fingerprint density at radius 3 is 1.82 bits per heavy atom. The van der Waals surface area contributed by atoms with Gasteiger partial charge >= 0.3 is 21.1 Å². The van der Waals surface area contributed by atoms with Crippen molar-refractivity contribution >= 4 is 48.0 Å². The van der Waals surface area contributed by atoms with Crippen molar-refractivity contribution in [1.82, 2.24) is 0 Å². The fourth-order valence-electron chi connectivity index (χ4n) is 2.48. The summed E-state index contributed by atoms with van der Waals surface area (Å²) in [5.41, 5.74) is 3.61. The van der Waals surface area contributed by atoms with Gasteiger partial charge in [-0.15, -0.1) is 0 Å². The molecular formula is C15H11I2N3OW. The van der Waals surface area contributed by atoms with Crippen LogP contribution in [0.25, 0.3) is 32.7 Å². The molecule has 0 bridgehead atoms. The van der Waals surface area contributed by atoms with Gasteiger partial charge < -0.3 is 16.0 Å². The summed E-state index contributed by atoms with van der Waals surface area (Å²) < 4.78 is 0. The maximum Gasteiger partial charge on any atom is 2.00 e. The first-order chi connectivity index (χ1) is 10.0. The Morgan fingerprint density at radius 1 is 0.864 bits per heavy atom. The van der Waals surface area contributed by atoms with Crippen LogP contribution in [0.15, 0.2) is 29.4 Å². The SMILES string of the molecule is Cc1cc2c3cc(=[N-])c(=[N-])cc-3/c(=N\O)c2cc1C.II.[W+2]. The maximum atomic E-state index is 9.64. The second-order valence-electron chi connectivity index (χ2n) is 4.82. The van der Waals surface area contributed by atoms with Crippen molar-refractivity contribution < 1.29 is 26.3 Å². The van der Waals surface area contributed by atoms with E-state index in [0.29, 0.717) is 10.9 Å². The first-order valence-corrected chi connectivity index (χ1v) is 12.4. The third-order valence-electron chi connectivity index (χ3n) is 3.65. The molecule has 2 aliphatic rings. The summed E-state index contributed by atoms with van der Waals surface area (Å²) in [5, 5.41) is 33.5. The second-order valence-corrected chi connectivity index (χ2v) is 4.82. The maximum absolute atomic E-state index is 9.64. The summed E-state index contributed by atoms with van der Waals surface area (Å²) in [5.74, 6) is 0. The van der Waals surface area contributed by atoms with Crippen LogP contribution in [0.5, 0.6) is 0 Å². The normalized spacial score (nSPS) is 11.2. The number of halogens is 2. The number of fused-ring (bicyclic) bond motifs is 3. The van der Waals surface area contributed by atoms with E-state index in [0.717, 1.165) is 27.5 Å². The Labute approximate surface area is 165 Å². The second kappa shape index (κ2) is 7.97. The molecule has 3 rings (SSSR count). The quantitative estimate of drug-likeness (QED) is 0.220. The summed E-state index contributed by atoms with van der Waals surface area (Å²) in [6.07, 6.45) is 0. The number of hydrogen-bond donors (Lipinski definition) is 1. The molecule has 112 valence electrons. The Kier molecular flexibility index (Phi) is 7.13. The van der Waals surface area contributed by atoms with E-state index < -0.39 is 0 Å². The zero-order chi connectivity index (χ0) is 15.7. The van der Waals surface area contributed by atoms with E-state index in [-0.39, 0.29) is 31.8 Å². The molecule has 1 aromatic carbocycles. The van der Waals surface area contributed by atoms with Crippen molar-refractivity contribution in [2.24, 2.45) is 5.16 Å². The van der Waals surface area contributed by atoms with Gasteiger partial charge in [0.25, 0.3) is 0 Å². The van der Waals surface area contributed by atoms with Gasteiger partial charge in [-0.2, -0.15) is 10.7 Å². The molecule has 0 saturated carbocycles. The molecule has 0 unspecified atom stereocenters. The smallest absolute Gasteiger partial charge is 0.805 e. The topological polar surface area (TPSA) is 77.2 Å². The van der Waals surface area contributed by atoms with Crippen LogP contribution in [0.1, 0.15) is 11.1 Å². The van der Waals surface area contributed by atoms with Crippen molar-refractivity contribution in [2.75, 3.05) is 0 Å². The zero-order valence-corrected chi connectivity index (χ0v) is 19.0. The minimum absolute atomic E-state index is 0. The van der Waals surface area contributed by atoms with Gasteiger partial charge in [0.15, 0.2) is 0 Å². The average molecular weight is 687 g/mol. The Morgan fingerprint density at radius 2 is 1.32 bits per heavy atom. The first kappa shape index (κ1) is 19.7. The van der Waals surface area contributed by atoms with Crippen LogP contribution in [0.3, 0.4) is 0 Å². The van der Waals surface area contributed by atoms with E-state index in [9.17, 15) is 16.0 Å². The van der Waals surface area contributed by atoms with Crippen molar-refractivity contribution in [2.45, 2.75) is 13.8 Å². The monoisotopic (exact) mass is 687 g/mol. The van der Waals surface area contributed by atoms with Crippen LogP contribution in [0.4, 0.5) is 0 Å². The van der Waals surface area contributed by atoms with Gasteiger partial charge in [0.05, 0.1) is 0 Å². The molecule has 1 N–H and O–H groups in total. The number of aryl methyl sites for hydroxylation is 2. The summed E-state index contributed by atoms with van der Waals surface area (Å²) in [4.78, 5) is 0. The number of nitrogens with zero attached hydrogens (tertiary/aromatic N) is 3. The zero-order valence-electron chi connectivity index (χ0n) is 11.8. The first-order valence-electron chi connectivity index (χ1n) is 6.07. The van der Waals surface area contributed by atoms with Crippen molar-refractivity contribution in [1.29, 1.82) is 0 Å². The largest absolute Gasteiger partial charge is 2.00 e. The molecule has 1 aromatic rings. The van der Waals surface area contributed by atoms with Crippen LogP contribution in [-0.4, -0.2) is 5.21 Å². The summed E-state index contributed by atoms with van der Waals surface area (Å²) >= 11 is 4.24. The van der Waals surface area contributed by atoms with E-state index in [1.807, 2.05) is 26.0 Å². The van der Waals surface area contributed by atoms with Gasteiger partial charge in [-0.25, -0.2) is 0 Å². The van der Waals surface area contributed by atoms with E-state index in [1.54, 1.807) is 0 Å². The van der Waals surface area contributed by atoms with Crippen molar-refractivity contribution in [3.05, 3.63) is 62.3 Å². The molecule has 0 fully saturated rings. The molecular weight excluding hydrogens is 676 g/mol. The molecule has 0 aromatic heterocycles. The Bertz CT molecular complexity index is 946.